The van der Waals surface area contributed by atoms with Gasteiger partial charge in [-0.25, -0.2) is 4.79 Å². The van der Waals surface area contributed by atoms with Crippen molar-refractivity contribution in [3.8, 4) is 0 Å². The maximum absolute atomic E-state index is 9.68. The zero-order chi connectivity index (χ0) is 43.8. The van der Waals surface area contributed by atoms with Crippen molar-refractivity contribution in [3.63, 3.8) is 0 Å². The lowest BCUT2D eigenvalue weighted by atomic mass is 10.3. The van der Waals surface area contributed by atoms with E-state index in [9.17, 15) is 9.90 Å². The molecule has 0 radical (unpaired) electrons. The van der Waals surface area contributed by atoms with Gasteiger partial charge in [0.1, 0.15) is 6.10 Å². The zero-order valence-electron chi connectivity index (χ0n) is 37.5. The number of hydrogen-bond donors (Lipinski definition) is 3. The summed E-state index contributed by atoms with van der Waals surface area (Å²) < 4.78 is 68.8. The lowest BCUT2D eigenvalue weighted by Crippen LogP contribution is -2.31. The van der Waals surface area contributed by atoms with Crippen molar-refractivity contribution in [1.82, 2.24) is 0 Å². The van der Waals surface area contributed by atoms with Crippen LogP contribution in [0.4, 0.5) is 0 Å². The number of aliphatic carboxylic acids is 1. The first-order valence-electron chi connectivity index (χ1n) is 20.2. The Kier molecular flexibility index (Phi) is 37.0. The predicted molar refractivity (Wildman–Crippen MR) is 217 cm³/mol. The molecule has 0 fully saturated rings. The number of rotatable bonds is 37. The van der Waals surface area contributed by atoms with Crippen LogP contribution < -0.4 is 0 Å². The fourth-order valence-electron chi connectivity index (χ4n) is 4.05. The van der Waals surface area contributed by atoms with Crippen LogP contribution in [0.1, 0.15) is 83.1 Å². The normalized spacial score (nSPS) is 18.2. The largest absolute Gasteiger partial charge is 0.478 e. The first kappa shape index (κ1) is 57.7. The van der Waals surface area contributed by atoms with Gasteiger partial charge in [-0.1, -0.05) is 6.58 Å². The summed E-state index contributed by atoms with van der Waals surface area (Å²) in [6.07, 6.45) is -1.82. The minimum atomic E-state index is -0.935. The Morgan fingerprint density at radius 2 is 0.596 bits per heavy atom. The molecule has 0 spiro atoms. The summed E-state index contributed by atoms with van der Waals surface area (Å²) in [5.74, 6) is -0.935. The Labute approximate surface area is 344 Å². The number of hydrogen-bond acceptors (Lipinski definition) is 15. The molecule has 0 bridgehead atoms. The molecule has 57 heavy (non-hydrogen) atoms. The fraction of sp³-hybridized carbons (Fsp3) is 0.927. The zero-order valence-corrected chi connectivity index (χ0v) is 37.5. The molecule has 0 aliphatic carbocycles. The third-order valence-electron chi connectivity index (χ3n) is 7.71. The molecule has 0 aromatic heterocycles. The summed E-state index contributed by atoms with van der Waals surface area (Å²) in [6, 6.07) is 0. The van der Waals surface area contributed by atoms with Crippen molar-refractivity contribution in [2.45, 2.75) is 156 Å². The van der Waals surface area contributed by atoms with Gasteiger partial charge < -0.3 is 72.2 Å². The monoisotopic (exact) mass is 831 g/mol. The number of ether oxygens (including phenoxy) is 12. The van der Waals surface area contributed by atoms with Crippen LogP contribution in [0.25, 0.3) is 0 Å². The lowest BCUT2D eigenvalue weighted by molar-refractivity contribution is -0.132. The molecule has 3 N–H and O–H groups in total. The lowest BCUT2D eigenvalue weighted by Gasteiger charge is -2.23. The molecular formula is C41H82O16. The quantitative estimate of drug-likeness (QED) is 0.0759. The second-order valence-electron chi connectivity index (χ2n) is 15.0. The van der Waals surface area contributed by atoms with Crippen molar-refractivity contribution in [2.75, 3.05) is 93.0 Å². The van der Waals surface area contributed by atoms with Crippen molar-refractivity contribution in [1.29, 1.82) is 0 Å². The van der Waals surface area contributed by atoms with E-state index in [4.69, 9.17) is 67.1 Å². The van der Waals surface area contributed by atoms with Crippen LogP contribution in [0, 0.1) is 0 Å². The van der Waals surface area contributed by atoms with E-state index in [1.54, 1.807) is 7.11 Å². The molecule has 0 rings (SSSR count). The number of carboxylic acid groups (broad SMARTS) is 1. The van der Waals surface area contributed by atoms with Crippen molar-refractivity contribution >= 4 is 5.97 Å². The summed E-state index contributed by atoms with van der Waals surface area (Å²) in [7, 11) is 1.54. The van der Waals surface area contributed by atoms with Crippen molar-refractivity contribution in [3.05, 3.63) is 12.2 Å². The topological polar surface area (TPSA) is 189 Å². The van der Waals surface area contributed by atoms with E-state index in [1.807, 2.05) is 76.2 Å². The summed E-state index contributed by atoms with van der Waals surface area (Å²) in [4.78, 5) is 9.60. The van der Waals surface area contributed by atoms with Crippen molar-refractivity contribution < 1.29 is 77.0 Å². The van der Waals surface area contributed by atoms with Crippen LogP contribution in [0.15, 0.2) is 12.2 Å². The van der Waals surface area contributed by atoms with Crippen LogP contribution in [0.2, 0.25) is 0 Å². The smallest absolute Gasteiger partial charge is 0.330 e. The second kappa shape index (κ2) is 36.5. The van der Waals surface area contributed by atoms with E-state index in [0.717, 1.165) is 0 Å². The molecule has 16 nitrogen and oxygen atoms in total. The first-order chi connectivity index (χ1) is 26.8. The molecule has 0 aromatic rings. The average molecular weight is 831 g/mol. The van der Waals surface area contributed by atoms with Gasteiger partial charge >= 0.3 is 5.97 Å². The molecule has 0 aliphatic rings. The van der Waals surface area contributed by atoms with Gasteiger partial charge in [-0.15, -0.1) is 0 Å². The molecule has 0 saturated heterocycles. The molecular weight excluding hydrogens is 748 g/mol. The fourth-order valence-corrected chi connectivity index (χ4v) is 4.05. The van der Waals surface area contributed by atoms with E-state index < -0.39 is 12.1 Å². The first-order valence-corrected chi connectivity index (χ1v) is 20.2. The molecule has 0 saturated carbocycles. The summed E-state index contributed by atoms with van der Waals surface area (Å²) in [6.45, 7) is 30.8. The SMILES string of the molecule is C=C(C)C(=O)O.COCC(O)COC(C)COC(C)COC(C)COC(C)COC(C)COC(C)COC(C)COC(C)COC(C)COC(C)COC(C)CO. The van der Waals surface area contributed by atoms with E-state index in [-0.39, 0.29) is 92.5 Å². The van der Waals surface area contributed by atoms with Gasteiger partial charge in [-0.2, -0.15) is 0 Å². The highest BCUT2D eigenvalue weighted by molar-refractivity contribution is 5.84. The number of methoxy groups -OCH3 is 1. The summed E-state index contributed by atoms with van der Waals surface area (Å²) >= 11 is 0. The Balaban J connectivity index is 0. The standard InChI is InChI=1S/C37H76O14.C4H6O2/c1-26(13-38)41-14-27(2)42-15-28(3)43-16-29(4)44-17-30(5)45-18-31(6)46-19-32(7)47-20-33(8)48-21-34(9)49-22-35(10)50-23-36(11)51-25-37(39)24-40-12;1-3(2)4(5)6/h26-39H,13-25H2,1-12H3;1H2,2H3,(H,5,6). The van der Waals surface area contributed by atoms with Crippen LogP contribution in [0.5, 0.6) is 0 Å². The molecule has 12 unspecified atom stereocenters. The highest BCUT2D eigenvalue weighted by Gasteiger charge is 2.16. The molecule has 0 aliphatic heterocycles. The van der Waals surface area contributed by atoms with E-state index in [2.05, 4.69) is 6.58 Å². The Morgan fingerprint density at radius 3 is 0.754 bits per heavy atom. The number of aliphatic hydroxyl groups is 2. The average Bonchev–Trinajstić information content (AvgIpc) is 3.17. The number of carbonyl (C=O) groups is 1. The van der Waals surface area contributed by atoms with E-state index in [1.165, 1.54) is 6.92 Å². The molecule has 16 heteroatoms. The van der Waals surface area contributed by atoms with Gasteiger partial charge in [0.15, 0.2) is 0 Å². The third kappa shape index (κ3) is 38.6. The second-order valence-corrected chi connectivity index (χ2v) is 15.0. The Hall–Kier alpha value is -1.35. The van der Waals surface area contributed by atoms with E-state index in [0.29, 0.717) is 66.1 Å². The van der Waals surface area contributed by atoms with Gasteiger partial charge in [-0.3, -0.25) is 0 Å². The molecule has 0 heterocycles. The van der Waals surface area contributed by atoms with E-state index >= 15 is 0 Å². The van der Waals surface area contributed by atoms with Crippen molar-refractivity contribution in [2.24, 2.45) is 0 Å². The van der Waals surface area contributed by atoms with Crippen LogP contribution in [-0.4, -0.2) is 188 Å². The third-order valence-corrected chi connectivity index (χ3v) is 7.71. The maximum Gasteiger partial charge on any atom is 0.330 e. The predicted octanol–water partition coefficient (Wildman–Crippen LogP) is 4.09. The van der Waals surface area contributed by atoms with Gasteiger partial charge in [0.2, 0.25) is 0 Å². The summed E-state index contributed by atoms with van der Waals surface area (Å²) in [5, 5.41) is 26.6. The molecule has 12 atom stereocenters. The molecule has 0 aromatic carbocycles. The highest BCUT2D eigenvalue weighted by atomic mass is 16.6. The van der Waals surface area contributed by atoms with Gasteiger partial charge in [0.25, 0.3) is 0 Å². The van der Waals surface area contributed by atoms with Gasteiger partial charge in [0, 0.05) is 12.7 Å². The summed E-state index contributed by atoms with van der Waals surface area (Å²) in [5.41, 5.74) is 0.176. The van der Waals surface area contributed by atoms with Gasteiger partial charge in [0.05, 0.1) is 153 Å². The highest BCUT2D eigenvalue weighted by Crippen LogP contribution is 2.07. The minimum Gasteiger partial charge on any atom is -0.478 e. The molecule has 0 amide bonds. The number of carboxylic acids is 1. The van der Waals surface area contributed by atoms with Crippen LogP contribution in [0.3, 0.4) is 0 Å². The van der Waals surface area contributed by atoms with Crippen LogP contribution in [-0.2, 0) is 61.6 Å². The van der Waals surface area contributed by atoms with Crippen LogP contribution >= 0.6 is 0 Å². The maximum atomic E-state index is 9.68. The molecule has 342 valence electrons. The Bertz CT molecular complexity index is 933. The van der Waals surface area contributed by atoms with Gasteiger partial charge in [-0.05, 0) is 83.1 Å². The number of aliphatic hydroxyl groups excluding tert-OH is 2. The minimum absolute atomic E-state index is 0.00785. The Morgan fingerprint density at radius 1 is 0.421 bits per heavy atom.